The third-order valence-electron chi connectivity index (χ3n) is 7.10. The first-order valence-corrected chi connectivity index (χ1v) is 13.0. The van der Waals surface area contributed by atoms with Crippen LogP contribution in [-0.2, 0) is 32.2 Å². The van der Waals surface area contributed by atoms with Gasteiger partial charge >= 0.3 is 0 Å². The minimum Gasteiger partial charge on any atom is -0.484 e. The average Bonchev–Trinajstić information content (AvgIpc) is 3.22. The Balaban J connectivity index is 1.19. The number of carbonyl (C=O) groups is 4. The molecule has 3 aliphatic rings. The molecule has 0 aliphatic carbocycles. The highest BCUT2D eigenvalue weighted by Crippen LogP contribution is 2.30. The summed E-state index contributed by atoms with van der Waals surface area (Å²) in [5, 5.41) is 5.70. The predicted octanol–water partition coefficient (Wildman–Crippen LogP) is 2.26. The molecule has 2 N–H and O–H groups in total. The number of amides is 4. The molecule has 0 saturated carbocycles. The van der Waals surface area contributed by atoms with Crippen LogP contribution in [0.3, 0.4) is 0 Å². The number of nitrogens with zero attached hydrogens (tertiary/aromatic N) is 2. The maximum Gasteiger partial charge on any atom is 0.262 e. The van der Waals surface area contributed by atoms with E-state index in [4.69, 9.17) is 21.1 Å². The van der Waals surface area contributed by atoms with Crippen molar-refractivity contribution in [3.63, 3.8) is 0 Å². The van der Waals surface area contributed by atoms with Gasteiger partial charge in [0.1, 0.15) is 11.8 Å². The topological polar surface area (TPSA) is 117 Å². The molecule has 3 heterocycles. The number of carbonyl (C=O) groups excluding carboxylic acids is 4. The number of fused-ring (bicyclic) bond motifs is 1. The Kier molecular flexibility index (Phi) is 7.64. The molecule has 3 aliphatic heterocycles. The second-order valence-corrected chi connectivity index (χ2v) is 10.1. The molecule has 0 radical (unpaired) electrons. The lowest BCUT2D eigenvalue weighted by molar-refractivity contribution is -0.137. The summed E-state index contributed by atoms with van der Waals surface area (Å²) >= 11 is 6.44. The van der Waals surface area contributed by atoms with E-state index in [1.807, 2.05) is 13.0 Å². The number of morpholine rings is 1. The highest BCUT2D eigenvalue weighted by atomic mass is 35.5. The van der Waals surface area contributed by atoms with Crippen LogP contribution in [0.15, 0.2) is 30.3 Å². The molecule has 11 heteroatoms. The third kappa shape index (κ3) is 5.67. The van der Waals surface area contributed by atoms with E-state index in [0.717, 1.165) is 29.8 Å². The van der Waals surface area contributed by atoms with Crippen LogP contribution in [0, 0.1) is 6.92 Å². The van der Waals surface area contributed by atoms with E-state index < -0.39 is 11.9 Å². The zero-order valence-electron chi connectivity index (χ0n) is 21.0. The van der Waals surface area contributed by atoms with Gasteiger partial charge in [0, 0.05) is 48.9 Å². The van der Waals surface area contributed by atoms with Crippen molar-refractivity contribution in [2.75, 3.05) is 38.2 Å². The van der Waals surface area contributed by atoms with Crippen molar-refractivity contribution in [1.82, 2.24) is 15.1 Å². The second-order valence-electron chi connectivity index (χ2n) is 9.69. The Labute approximate surface area is 225 Å². The zero-order valence-corrected chi connectivity index (χ0v) is 21.8. The van der Waals surface area contributed by atoms with Crippen LogP contribution in [0.25, 0.3) is 0 Å². The third-order valence-corrected chi connectivity index (χ3v) is 7.50. The van der Waals surface area contributed by atoms with E-state index >= 15 is 0 Å². The van der Waals surface area contributed by atoms with Gasteiger partial charge in [-0.3, -0.25) is 29.4 Å². The molecular formula is C27H29ClN4O6. The summed E-state index contributed by atoms with van der Waals surface area (Å²) in [5.41, 5.74) is 3.78. The Hall–Kier alpha value is -3.47. The Bertz CT molecular complexity index is 1290. The summed E-state index contributed by atoms with van der Waals surface area (Å²) in [6, 6.07) is 7.99. The van der Waals surface area contributed by atoms with Gasteiger partial charge in [-0.15, -0.1) is 0 Å². The summed E-state index contributed by atoms with van der Waals surface area (Å²) in [6.07, 6.45) is 0.492. The fourth-order valence-corrected chi connectivity index (χ4v) is 5.18. The van der Waals surface area contributed by atoms with E-state index in [9.17, 15) is 19.2 Å². The number of benzene rings is 2. The maximum absolute atomic E-state index is 13.0. The van der Waals surface area contributed by atoms with Gasteiger partial charge < -0.3 is 19.7 Å². The number of piperidine rings is 1. The fourth-order valence-electron chi connectivity index (χ4n) is 4.94. The minimum atomic E-state index is -0.683. The Morgan fingerprint density at radius 1 is 1.18 bits per heavy atom. The monoisotopic (exact) mass is 540 g/mol. The molecule has 10 nitrogen and oxygen atoms in total. The number of imide groups is 1. The van der Waals surface area contributed by atoms with E-state index in [1.54, 1.807) is 24.3 Å². The average molecular weight is 541 g/mol. The highest BCUT2D eigenvalue weighted by molar-refractivity contribution is 6.31. The molecule has 2 saturated heterocycles. The molecular weight excluding hydrogens is 512 g/mol. The smallest absolute Gasteiger partial charge is 0.262 e. The van der Waals surface area contributed by atoms with Gasteiger partial charge in [-0.2, -0.15) is 0 Å². The van der Waals surface area contributed by atoms with Crippen molar-refractivity contribution in [2.45, 2.75) is 38.9 Å². The predicted molar refractivity (Wildman–Crippen MR) is 139 cm³/mol. The maximum atomic E-state index is 13.0. The molecule has 1 unspecified atom stereocenters. The second kappa shape index (κ2) is 11.1. The van der Waals surface area contributed by atoms with Crippen LogP contribution < -0.4 is 15.4 Å². The molecule has 0 spiro atoms. The van der Waals surface area contributed by atoms with E-state index in [2.05, 4.69) is 15.5 Å². The number of rotatable bonds is 7. The molecule has 200 valence electrons. The van der Waals surface area contributed by atoms with Crippen molar-refractivity contribution in [2.24, 2.45) is 0 Å². The van der Waals surface area contributed by atoms with Crippen LogP contribution in [0.1, 0.15) is 39.9 Å². The number of halogens is 1. The van der Waals surface area contributed by atoms with Crippen molar-refractivity contribution in [1.29, 1.82) is 0 Å². The standard InChI is InChI=1S/C27H29ClN4O6/c1-16-18(13-31-6-8-37-9-7-31)10-19(11-22(16)28)29-25(34)15-38-20-3-2-17-14-32(27(36)21(17)12-20)23-4-5-24(33)30-26(23)35/h2-3,10-12,23H,4-9,13-15H2,1H3,(H,29,34)(H,30,33,35). The Morgan fingerprint density at radius 3 is 2.74 bits per heavy atom. The van der Waals surface area contributed by atoms with Gasteiger partial charge in [0.05, 0.1) is 13.2 Å². The first kappa shape index (κ1) is 26.1. The van der Waals surface area contributed by atoms with Crippen LogP contribution in [0.5, 0.6) is 5.75 Å². The first-order chi connectivity index (χ1) is 18.3. The lowest BCUT2D eigenvalue weighted by Crippen LogP contribution is -2.52. The van der Waals surface area contributed by atoms with E-state index in [-0.39, 0.29) is 37.3 Å². The van der Waals surface area contributed by atoms with Crippen LogP contribution in [-0.4, -0.2) is 72.4 Å². The molecule has 0 aromatic heterocycles. The van der Waals surface area contributed by atoms with Gasteiger partial charge in [-0.1, -0.05) is 17.7 Å². The van der Waals surface area contributed by atoms with Gasteiger partial charge in [0.25, 0.3) is 11.8 Å². The largest absolute Gasteiger partial charge is 0.484 e. The lowest BCUT2D eigenvalue weighted by atomic mass is 10.0. The van der Waals surface area contributed by atoms with Gasteiger partial charge in [-0.05, 0) is 54.3 Å². The van der Waals surface area contributed by atoms with Gasteiger partial charge in [0.2, 0.25) is 11.8 Å². The summed E-state index contributed by atoms with van der Waals surface area (Å²) < 4.78 is 11.1. The zero-order chi connectivity index (χ0) is 26.8. The number of anilines is 1. The quantitative estimate of drug-likeness (QED) is 0.517. The Morgan fingerprint density at radius 2 is 1.97 bits per heavy atom. The van der Waals surface area contributed by atoms with Gasteiger partial charge in [0.15, 0.2) is 6.61 Å². The molecule has 4 amide bonds. The highest BCUT2D eigenvalue weighted by Gasteiger charge is 2.39. The molecule has 2 fully saturated rings. The van der Waals surface area contributed by atoms with Crippen molar-refractivity contribution >= 4 is 40.9 Å². The molecule has 38 heavy (non-hydrogen) atoms. The van der Waals surface area contributed by atoms with E-state index in [0.29, 0.717) is 48.2 Å². The summed E-state index contributed by atoms with van der Waals surface area (Å²) in [5.74, 6) is -1.08. The molecule has 0 bridgehead atoms. The van der Waals surface area contributed by atoms with Crippen LogP contribution in [0.4, 0.5) is 5.69 Å². The summed E-state index contributed by atoms with van der Waals surface area (Å²) in [6.45, 7) is 5.79. The van der Waals surface area contributed by atoms with E-state index in [1.165, 1.54) is 4.90 Å². The molecule has 1 atom stereocenters. The summed E-state index contributed by atoms with van der Waals surface area (Å²) in [4.78, 5) is 53.1. The number of hydrogen-bond acceptors (Lipinski definition) is 7. The lowest BCUT2D eigenvalue weighted by Gasteiger charge is -2.29. The van der Waals surface area contributed by atoms with Crippen molar-refractivity contribution in [3.8, 4) is 5.75 Å². The SMILES string of the molecule is Cc1c(Cl)cc(NC(=O)COc2ccc3c(c2)C(=O)N(C2CCC(=O)NC2=O)C3)cc1CN1CCOCC1. The molecule has 5 rings (SSSR count). The molecule has 2 aromatic rings. The molecule has 2 aromatic carbocycles. The van der Waals surface area contributed by atoms with Crippen LogP contribution >= 0.6 is 11.6 Å². The number of ether oxygens (including phenoxy) is 2. The van der Waals surface area contributed by atoms with Crippen molar-refractivity contribution < 1.29 is 28.7 Å². The summed E-state index contributed by atoms with van der Waals surface area (Å²) in [7, 11) is 0. The normalized spacial score (nSPS) is 19.8. The van der Waals surface area contributed by atoms with Crippen molar-refractivity contribution in [3.05, 3.63) is 57.6 Å². The van der Waals surface area contributed by atoms with Crippen LogP contribution in [0.2, 0.25) is 5.02 Å². The number of nitrogens with one attached hydrogen (secondary N) is 2. The van der Waals surface area contributed by atoms with Gasteiger partial charge in [-0.25, -0.2) is 0 Å². The number of hydrogen-bond donors (Lipinski definition) is 2. The first-order valence-electron chi connectivity index (χ1n) is 12.6. The minimum absolute atomic E-state index is 0.195. The fraction of sp³-hybridized carbons (Fsp3) is 0.407.